The van der Waals surface area contributed by atoms with E-state index in [1.54, 1.807) is 0 Å². The maximum absolute atomic E-state index is 12.8. The van der Waals surface area contributed by atoms with Gasteiger partial charge in [0.2, 0.25) is 0 Å². The Balaban J connectivity index is 1.91. The minimum atomic E-state index is -0.525. The summed E-state index contributed by atoms with van der Waals surface area (Å²) < 4.78 is 5.63. The monoisotopic (exact) mass is 440 g/mol. The molecule has 0 bridgehead atoms. The number of aliphatic hydroxyl groups is 2. The molecule has 1 saturated heterocycles. The third kappa shape index (κ3) is 5.68. The topological polar surface area (TPSA) is 73.2 Å². The molecule has 0 aliphatic carbocycles. The van der Waals surface area contributed by atoms with Crippen LogP contribution < -0.4 is 0 Å². The van der Waals surface area contributed by atoms with E-state index in [4.69, 9.17) is 4.74 Å². The lowest BCUT2D eigenvalue weighted by Gasteiger charge is -2.47. The van der Waals surface area contributed by atoms with Crippen LogP contribution >= 0.6 is 0 Å². The lowest BCUT2D eigenvalue weighted by molar-refractivity contribution is -0.0163. The molecule has 1 fully saturated rings. The van der Waals surface area contributed by atoms with Gasteiger partial charge in [-0.3, -0.25) is 4.90 Å². The van der Waals surface area contributed by atoms with Gasteiger partial charge in [0.25, 0.3) is 0 Å². The van der Waals surface area contributed by atoms with Crippen molar-refractivity contribution in [3.8, 4) is 0 Å². The number of ether oxygens (including phenoxy) is 1. The summed E-state index contributed by atoms with van der Waals surface area (Å²) in [5.41, 5.74) is 3.48. The average molecular weight is 441 g/mol. The van der Waals surface area contributed by atoms with E-state index in [-0.39, 0.29) is 37.4 Å². The quantitative estimate of drug-likeness (QED) is 0.733. The molecule has 2 atom stereocenters. The number of rotatable bonds is 5. The molecule has 0 radical (unpaired) electrons. The van der Waals surface area contributed by atoms with E-state index in [0.29, 0.717) is 13.1 Å². The molecule has 6 nitrogen and oxygen atoms in total. The van der Waals surface area contributed by atoms with Gasteiger partial charge in [0.1, 0.15) is 5.60 Å². The third-order valence-corrected chi connectivity index (χ3v) is 5.95. The van der Waals surface area contributed by atoms with Gasteiger partial charge < -0.3 is 19.8 Å². The van der Waals surface area contributed by atoms with Gasteiger partial charge in [-0.15, -0.1) is 0 Å². The first kappa shape index (κ1) is 24.2. The Morgan fingerprint density at radius 1 is 0.906 bits per heavy atom. The Labute approximate surface area is 191 Å². The van der Waals surface area contributed by atoms with Crippen molar-refractivity contribution in [3.63, 3.8) is 0 Å². The maximum atomic E-state index is 12.8. The normalized spacial score (nSPS) is 19.9. The van der Waals surface area contributed by atoms with Crippen molar-refractivity contribution in [2.75, 3.05) is 13.1 Å². The van der Waals surface area contributed by atoms with Crippen molar-refractivity contribution in [1.82, 2.24) is 9.80 Å². The van der Waals surface area contributed by atoms with Crippen LogP contribution in [0.2, 0.25) is 0 Å². The second-order valence-electron chi connectivity index (χ2n) is 9.73. The molecule has 6 heteroatoms. The van der Waals surface area contributed by atoms with Crippen LogP contribution in [0.15, 0.2) is 48.5 Å². The van der Waals surface area contributed by atoms with Gasteiger partial charge in [-0.05, 0) is 56.9 Å². The molecular weight excluding hydrogens is 404 g/mol. The number of carbonyl (C=O) groups is 1. The summed E-state index contributed by atoms with van der Waals surface area (Å²) in [6, 6.07) is 16.2. The maximum Gasteiger partial charge on any atom is 0.410 e. The first-order valence-electron chi connectivity index (χ1n) is 11.3. The largest absolute Gasteiger partial charge is 0.444 e. The van der Waals surface area contributed by atoms with E-state index in [1.165, 1.54) is 0 Å². The van der Waals surface area contributed by atoms with Crippen LogP contribution in [-0.4, -0.2) is 56.9 Å². The van der Waals surface area contributed by atoms with Crippen molar-refractivity contribution in [3.05, 3.63) is 70.8 Å². The third-order valence-electron chi connectivity index (χ3n) is 5.95. The second-order valence-corrected chi connectivity index (χ2v) is 9.73. The van der Waals surface area contributed by atoms with Crippen molar-refractivity contribution in [2.45, 2.75) is 71.6 Å². The Kier molecular flexibility index (Phi) is 7.59. The number of carbonyl (C=O) groups excluding carboxylic acids is 1. The number of aliphatic hydroxyl groups excluding tert-OH is 2. The summed E-state index contributed by atoms with van der Waals surface area (Å²) in [6.45, 7) is 11.2. The molecule has 1 heterocycles. The Hall–Kier alpha value is -2.41. The highest BCUT2D eigenvalue weighted by atomic mass is 16.6. The van der Waals surface area contributed by atoms with Crippen LogP contribution in [0.5, 0.6) is 0 Å². The zero-order chi connectivity index (χ0) is 23.5. The van der Waals surface area contributed by atoms with Crippen molar-refractivity contribution in [1.29, 1.82) is 0 Å². The average Bonchev–Trinajstić information content (AvgIpc) is 2.75. The minimum absolute atomic E-state index is 0.00280. The van der Waals surface area contributed by atoms with Crippen molar-refractivity contribution in [2.24, 2.45) is 0 Å². The van der Waals surface area contributed by atoms with Crippen LogP contribution in [0.3, 0.4) is 0 Å². The first-order chi connectivity index (χ1) is 15.1. The molecule has 0 unspecified atom stereocenters. The van der Waals surface area contributed by atoms with Crippen LogP contribution in [-0.2, 0) is 18.0 Å². The SMILES string of the molecule is C[C@@H]1CN(C(=O)OC(C)(C)C)[C@@H](C)CN1C(c1ccc(CO)cc1)c1ccc(CO)cc1. The van der Waals surface area contributed by atoms with E-state index in [9.17, 15) is 15.0 Å². The highest BCUT2D eigenvalue weighted by molar-refractivity contribution is 5.68. The highest BCUT2D eigenvalue weighted by Gasteiger charge is 2.38. The lowest BCUT2D eigenvalue weighted by atomic mass is 9.92. The summed E-state index contributed by atoms with van der Waals surface area (Å²) >= 11 is 0. The smallest absolute Gasteiger partial charge is 0.410 e. The molecule has 1 amide bonds. The standard InChI is InChI=1S/C26H36N2O4/c1-18-15-28(25(31)32-26(3,4)5)19(2)14-27(18)24(22-10-6-20(16-29)7-11-22)23-12-8-21(17-30)9-13-23/h6-13,18-19,24,29-30H,14-17H2,1-5H3/t18-,19+/m1/s1. The fraction of sp³-hybridized carbons (Fsp3) is 0.500. The zero-order valence-corrected chi connectivity index (χ0v) is 19.8. The zero-order valence-electron chi connectivity index (χ0n) is 19.8. The molecule has 2 aromatic carbocycles. The van der Waals surface area contributed by atoms with E-state index < -0.39 is 5.60 Å². The van der Waals surface area contributed by atoms with Gasteiger partial charge in [0.15, 0.2) is 0 Å². The number of amides is 1. The van der Waals surface area contributed by atoms with Crippen molar-refractivity contribution < 1.29 is 19.7 Å². The molecule has 0 aromatic heterocycles. The number of benzene rings is 2. The molecule has 174 valence electrons. The van der Waals surface area contributed by atoms with E-state index in [0.717, 1.165) is 22.3 Å². The number of piperazine rings is 1. The van der Waals surface area contributed by atoms with Crippen LogP contribution in [0.25, 0.3) is 0 Å². The van der Waals surface area contributed by atoms with Gasteiger partial charge in [-0.2, -0.15) is 0 Å². The first-order valence-corrected chi connectivity index (χ1v) is 11.3. The summed E-state index contributed by atoms with van der Waals surface area (Å²) in [4.78, 5) is 17.0. The van der Waals surface area contributed by atoms with Gasteiger partial charge in [0, 0.05) is 25.2 Å². The molecule has 0 saturated carbocycles. The van der Waals surface area contributed by atoms with Crippen molar-refractivity contribution >= 4 is 6.09 Å². The van der Waals surface area contributed by atoms with Gasteiger partial charge in [0.05, 0.1) is 19.3 Å². The predicted octanol–water partition coefficient (Wildman–Crippen LogP) is 4.09. The summed E-state index contributed by atoms with van der Waals surface area (Å²) in [6.07, 6.45) is -0.271. The Bertz CT molecular complexity index is 842. The fourth-order valence-electron chi connectivity index (χ4n) is 4.27. The van der Waals surface area contributed by atoms with E-state index in [1.807, 2.05) is 49.9 Å². The van der Waals surface area contributed by atoms with Gasteiger partial charge >= 0.3 is 6.09 Å². The van der Waals surface area contributed by atoms with Gasteiger partial charge in [-0.25, -0.2) is 4.79 Å². The molecule has 0 spiro atoms. The number of hydrogen-bond acceptors (Lipinski definition) is 5. The Morgan fingerprint density at radius 2 is 1.38 bits per heavy atom. The van der Waals surface area contributed by atoms with Crippen LogP contribution in [0, 0.1) is 0 Å². The number of nitrogens with zero attached hydrogens (tertiary/aromatic N) is 2. The highest BCUT2D eigenvalue weighted by Crippen LogP contribution is 2.34. The summed E-state index contributed by atoms with van der Waals surface area (Å²) in [7, 11) is 0. The molecular formula is C26H36N2O4. The molecule has 1 aliphatic heterocycles. The minimum Gasteiger partial charge on any atom is -0.444 e. The summed E-state index contributed by atoms with van der Waals surface area (Å²) in [5, 5.41) is 18.9. The second kappa shape index (κ2) is 10.0. The Morgan fingerprint density at radius 3 is 1.78 bits per heavy atom. The molecule has 32 heavy (non-hydrogen) atoms. The van der Waals surface area contributed by atoms with Crippen LogP contribution in [0.4, 0.5) is 4.79 Å². The predicted molar refractivity (Wildman–Crippen MR) is 125 cm³/mol. The van der Waals surface area contributed by atoms with Crippen LogP contribution in [0.1, 0.15) is 62.9 Å². The molecule has 1 aliphatic rings. The van der Waals surface area contributed by atoms with E-state index in [2.05, 4.69) is 43.0 Å². The molecule has 2 aromatic rings. The molecule has 2 N–H and O–H groups in total. The lowest BCUT2D eigenvalue weighted by Crippen LogP contribution is -2.59. The number of hydrogen-bond donors (Lipinski definition) is 2. The van der Waals surface area contributed by atoms with E-state index >= 15 is 0 Å². The summed E-state index contributed by atoms with van der Waals surface area (Å²) in [5.74, 6) is 0. The fourth-order valence-corrected chi connectivity index (χ4v) is 4.27. The van der Waals surface area contributed by atoms with Gasteiger partial charge in [-0.1, -0.05) is 48.5 Å². The molecule has 3 rings (SSSR count).